The third kappa shape index (κ3) is 4.24. The van der Waals surface area contributed by atoms with E-state index in [9.17, 15) is 9.90 Å². The first kappa shape index (κ1) is 26.8. The van der Waals surface area contributed by atoms with Crippen LogP contribution in [0, 0.1) is 11.3 Å². The van der Waals surface area contributed by atoms with Gasteiger partial charge in [0, 0.05) is 59.4 Å². The first-order valence-corrected chi connectivity index (χ1v) is 16.5. The van der Waals surface area contributed by atoms with Crippen molar-refractivity contribution in [2.45, 2.75) is 88.3 Å². The number of pyridine rings is 1. The zero-order valence-electron chi connectivity index (χ0n) is 24.7. The standard InChI is InChI=1S/C36H44N4O2/c41-26-10-9-20-40-25(13-14-26)22-35-24-39-19-8-4-2-1-3-7-17-36(42,34(35)40)23-29(30(35)16-21-39)32-33-28(15-18-37-32)27-11-5-6-12-31(27)38-33/h1,3,5-6,11-12,15,18,23,25,30,34,38,42H,2,4,7-10,13-14,16-17,19-22,24H2/b3-1-/t25-,30-,34+,35-,36-/m0/s1. The van der Waals surface area contributed by atoms with Crippen molar-refractivity contribution in [3.05, 3.63) is 60.5 Å². The highest BCUT2D eigenvalue weighted by atomic mass is 16.3. The second-order valence-electron chi connectivity index (χ2n) is 13.9. The number of nitrogens with zero attached hydrogens (tertiary/aromatic N) is 3. The fourth-order valence-corrected chi connectivity index (χ4v) is 9.86. The fraction of sp³-hybridized carbons (Fsp3) is 0.556. The lowest BCUT2D eigenvalue weighted by Crippen LogP contribution is -2.65. The third-order valence-corrected chi connectivity index (χ3v) is 11.5. The third-order valence-electron chi connectivity index (χ3n) is 11.5. The lowest BCUT2D eigenvalue weighted by atomic mass is 9.54. The number of hydrogen-bond acceptors (Lipinski definition) is 5. The molecular weight excluding hydrogens is 520 g/mol. The number of fused-ring (bicyclic) bond motifs is 5. The van der Waals surface area contributed by atoms with Gasteiger partial charge in [0.25, 0.3) is 0 Å². The van der Waals surface area contributed by atoms with Gasteiger partial charge in [-0.25, -0.2) is 0 Å². The van der Waals surface area contributed by atoms with Crippen molar-refractivity contribution in [1.29, 1.82) is 0 Å². The van der Waals surface area contributed by atoms with Crippen molar-refractivity contribution in [1.82, 2.24) is 19.8 Å². The molecule has 6 heteroatoms. The molecule has 5 aliphatic rings. The Balaban J connectivity index is 1.33. The predicted octanol–water partition coefficient (Wildman–Crippen LogP) is 6.26. The average Bonchev–Trinajstić information content (AvgIpc) is 3.51. The number of aromatic nitrogens is 2. The Kier molecular flexibility index (Phi) is 6.65. The van der Waals surface area contributed by atoms with E-state index in [2.05, 4.69) is 63.3 Å². The van der Waals surface area contributed by atoms with Gasteiger partial charge in [-0.15, -0.1) is 0 Å². The highest BCUT2D eigenvalue weighted by Gasteiger charge is 2.66. The smallest absolute Gasteiger partial charge is 0.133 e. The van der Waals surface area contributed by atoms with Crippen LogP contribution < -0.4 is 0 Å². The number of hydrogen-bond donors (Lipinski definition) is 2. The molecule has 3 aromatic rings. The summed E-state index contributed by atoms with van der Waals surface area (Å²) in [6, 6.07) is 11.1. The number of piperidine rings is 1. The Morgan fingerprint density at radius 2 is 1.86 bits per heavy atom. The number of H-pyrrole nitrogens is 1. The molecule has 6 atom stereocenters. The minimum absolute atomic E-state index is 0.0656. The molecule has 3 saturated heterocycles. The van der Waals surface area contributed by atoms with Gasteiger partial charge >= 0.3 is 0 Å². The van der Waals surface area contributed by atoms with Crippen LogP contribution in [-0.4, -0.2) is 74.5 Å². The number of carbonyl (C=O) groups is 1. The number of nitrogens with one attached hydrogen (secondary N) is 1. The van der Waals surface area contributed by atoms with Crippen molar-refractivity contribution in [3.8, 4) is 0 Å². The van der Waals surface area contributed by atoms with Crippen molar-refractivity contribution >= 4 is 33.2 Å². The zero-order chi connectivity index (χ0) is 28.3. The summed E-state index contributed by atoms with van der Waals surface area (Å²) in [5.74, 6) is 0.744. The molecule has 0 amide bonds. The summed E-state index contributed by atoms with van der Waals surface area (Å²) >= 11 is 0. The average molecular weight is 565 g/mol. The molecule has 1 aliphatic carbocycles. The Morgan fingerprint density at radius 1 is 0.952 bits per heavy atom. The van der Waals surface area contributed by atoms with E-state index in [0.29, 0.717) is 30.6 Å². The van der Waals surface area contributed by atoms with Gasteiger partial charge in [-0.3, -0.25) is 14.7 Å². The van der Waals surface area contributed by atoms with Crippen molar-refractivity contribution in [2.24, 2.45) is 11.3 Å². The zero-order valence-corrected chi connectivity index (χ0v) is 24.7. The topological polar surface area (TPSA) is 72.5 Å². The number of benzene rings is 1. The molecule has 220 valence electrons. The van der Waals surface area contributed by atoms with Crippen molar-refractivity contribution < 1.29 is 9.90 Å². The lowest BCUT2D eigenvalue weighted by molar-refractivity contribution is -0.120. The summed E-state index contributed by atoms with van der Waals surface area (Å²) in [6.45, 7) is 4.16. The van der Waals surface area contributed by atoms with Crippen LogP contribution in [0.15, 0.2) is 54.8 Å². The van der Waals surface area contributed by atoms with Gasteiger partial charge in [-0.05, 0) is 107 Å². The minimum Gasteiger partial charge on any atom is -0.384 e. The first-order chi connectivity index (χ1) is 20.6. The maximum Gasteiger partial charge on any atom is 0.133 e. The fourth-order valence-electron chi connectivity index (χ4n) is 9.86. The van der Waals surface area contributed by atoms with Gasteiger partial charge in [0.15, 0.2) is 0 Å². The van der Waals surface area contributed by atoms with Gasteiger partial charge in [-0.1, -0.05) is 30.4 Å². The van der Waals surface area contributed by atoms with Crippen LogP contribution in [0.2, 0.25) is 0 Å². The van der Waals surface area contributed by atoms with Crippen LogP contribution in [0.3, 0.4) is 0 Å². The molecule has 6 nitrogen and oxygen atoms in total. The van der Waals surface area contributed by atoms with E-state index < -0.39 is 5.60 Å². The quantitative estimate of drug-likeness (QED) is 0.342. The Hall–Kier alpha value is -2.80. The SMILES string of the molecule is O=C1CCCN2[C@@H](CC1)C[C@]13CN4CCCC/C=C\CC[C@](O)(C=C(c5nccc6c5[nH]c5ccccc56)[C@@H]1CC4)[C@H]23. The van der Waals surface area contributed by atoms with Crippen LogP contribution in [-0.2, 0) is 4.79 Å². The summed E-state index contributed by atoms with van der Waals surface area (Å²) in [7, 11) is 0. The highest BCUT2D eigenvalue weighted by Crippen LogP contribution is 2.62. The summed E-state index contributed by atoms with van der Waals surface area (Å²) in [4.78, 5) is 26.8. The predicted molar refractivity (Wildman–Crippen MR) is 168 cm³/mol. The van der Waals surface area contributed by atoms with Gasteiger partial charge in [0.05, 0.1) is 16.8 Å². The van der Waals surface area contributed by atoms with Crippen molar-refractivity contribution in [2.75, 3.05) is 26.2 Å². The molecule has 2 N–H and O–H groups in total. The number of allylic oxidation sites excluding steroid dienone is 3. The molecule has 1 aromatic carbocycles. The summed E-state index contributed by atoms with van der Waals surface area (Å²) in [6.07, 6.45) is 19.4. The van der Waals surface area contributed by atoms with Crippen LogP contribution in [0.25, 0.3) is 27.4 Å². The second kappa shape index (κ2) is 10.4. The molecule has 3 bridgehead atoms. The molecule has 6 heterocycles. The van der Waals surface area contributed by atoms with Crippen molar-refractivity contribution in [3.63, 3.8) is 0 Å². The van der Waals surface area contributed by atoms with E-state index in [0.717, 1.165) is 87.9 Å². The molecule has 1 spiro atoms. The van der Waals surface area contributed by atoms with E-state index in [4.69, 9.17) is 4.98 Å². The number of carbonyl (C=O) groups excluding carboxylic acids is 1. The lowest BCUT2D eigenvalue weighted by Gasteiger charge is -2.58. The van der Waals surface area contributed by atoms with Gasteiger partial charge < -0.3 is 15.0 Å². The monoisotopic (exact) mass is 564 g/mol. The van der Waals surface area contributed by atoms with E-state index in [1.54, 1.807) is 0 Å². The molecule has 0 saturated carbocycles. The summed E-state index contributed by atoms with van der Waals surface area (Å²) in [5.41, 5.74) is 3.47. The molecule has 42 heavy (non-hydrogen) atoms. The van der Waals surface area contributed by atoms with Gasteiger partial charge in [0.2, 0.25) is 0 Å². The van der Waals surface area contributed by atoms with E-state index >= 15 is 0 Å². The Morgan fingerprint density at radius 3 is 2.81 bits per heavy atom. The molecule has 4 aliphatic heterocycles. The van der Waals surface area contributed by atoms with Crippen LogP contribution in [0.1, 0.15) is 76.3 Å². The Labute approximate surface area is 248 Å². The molecule has 1 unspecified atom stereocenters. The summed E-state index contributed by atoms with van der Waals surface area (Å²) < 4.78 is 0. The molecule has 8 rings (SSSR count). The van der Waals surface area contributed by atoms with E-state index in [1.807, 2.05) is 6.20 Å². The minimum atomic E-state index is -0.957. The number of aromatic amines is 1. The first-order valence-electron chi connectivity index (χ1n) is 16.5. The number of ketones is 1. The number of rotatable bonds is 1. The number of aliphatic hydroxyl groups is 1. The second-order valence-corrected chi connectivity index (χ2v) is 13.9. The van der Waals surface area contributed by atoms with Gasteiger partial charge in [-0.2, -0.15) is 0 Å². The molecular formula is C36H44N4O2. The van der Waals surface area contributed by atoms with Crippen LogP contribution >= 0.6 is 0 Å². The van der Waals surface area contributed by atoms with E-state index in [-0.39, 0.29) is 11.5 Å². The summed E-state index contributed by atoms with van der Waals surface area (Å²) in [5, 5.41) is 15.5. The van der Waals surface area contributed by atoms with Gasteiger partial charge in [0.1, 0.15) is 5.78 Å². The maximum atomic E-state index is 13.1. The number of Topliss-reactive ketones (excluding diaryl/α,β-unsaturated/α-hetero) is 1. The Bertz CT molecular complexity index is 1570. The number of para-hydroxylation sites is 1. The van der Waals surface area contributed by atoms with E-state index in [1.165, 1.54) is 29.2 Å². The van der Waals surface area contributed by atoms with Crippen LogP contribution in [0.5, 0.6) is 0 Å². The molecule has 2 aromatic heterocycles. The molecule has 0 radical (unpaired) electrons. The largest absolute Gasteiger partial charge is 0.384 e. The highest BCUT2D eigenvalue weighted by molar-refractivity contribution is 6.09. The normalized spacial score (nSPS) is 36.7. The molecule has 3 fully saturated rings. The maximum absolute atomic E-state index is 13.1. The van der Waals surface area contributed by atoms with Crippen LogP contribution in [0.4, 0.5) is 0 Å².